The van der Waals surface area contributed by atoms with Gasteiger partial charge in [0.25, 0.3) is 0 Å². The van der Waals surface area contributed by atoms with Gasteiger partial charge in [-0.05, 0) is 36.8 Å². The lowest BCUT2D eigenvalue weighted by atomic mass is 10.0. The van der Waals surface area contributed by atoms with Crippen molar-refractivity contribution < 1.29 is 15.0 Å². The molecule has 0 aliphatic carbocycles. The molecule has 0 fully saturated rings. The van der Waals surface area contributed by atoms with Crippen LogP contribution >= 0.6 is 0 Å². The van der Waals surface area contributed by atoms with E-state index in [1.165, 1.54) is 18.2 Å². The summed E-state index contributed by atoms with van der Waals surface area (Å²) < 4.78 is 0. The number of hydrogen-bond acceptors (Lipinski definition) is 3. The van der Waals surface area contributed by atoms with Crippen LogP contribution < -0.4 is 0 Å². The van der Waals surface area contributed by atoms with Crippen LogP contribution in [0, 0.1) is 6.92 Å². The highest BCUT2D eigenvalue weighted by molar-refractivity contribution is 6.12. The number of carbonyl (C=O) groups is 1. The van der Waals surface area contributed by atoms with E-state index in [1.54, 1.807) is 24.3 Å². The number of ketones is 1. The van der Waals surface area contributed by atoms with Gasteiger partial charge in [0.2, 0.25) is 0 Å². The Kier molecular flexibility index (Phi) is 2.83. The van der Waals surface area contributed by atoms with Gasteiger partial charge in [-0.2, -0.15) is 0 Å². The van der Waals surface area contributed by atoms with Crippen molar-refractivity contribution in [2.45, 2.75) is 6.92 Å². The highest BCUT2D eigenvalue weighted by atomic mass is 16.3. The van der Waals surface area contributed by atoms with E-state index < -0.39 is 0 Å². The molecule has 3 nitrogen and oxygen atoms in total. The zero-order valence-electron chi connectivity index (χ0n) is 9.34. The first-order valence-electron chi connectivity index (χ1n) is 5.22. The number of para-hydroxylation sites is 1. The van der Waals surface area contributed by atoms with Gasteiger partial charge in [0.05, 0.1) is 11.1 Å². The molecule has 3 heteroatoms. The third kappa shape index (κ3) is 2.13. The highest BCUT2D eigenvalue weighted by Crippen LogP contribution is 2.25. The van der Waals surface area contributed by atoms with Crippen LogP contribution in [0.3, 0.4) is 0 Å². The molecule has 2 aromatic rings. The van der Waals surface area contributed by atoms with Crippen molar-refractivity contribution in [1.29, 1.82) is 0 Å². The highest BCUT2D eigenvalue weighted by Gasteiger charge is 2.16. The number of phenolic OH excluding ortho intramolecular Hbond substituents is 2. The Morgan fingerprint density at radius 2 is 1.59 bits per heavy atom. The molecule has 2 rings (SSSR count). The van der Waals surface area contributed by atoms with Gasteiger partial charge in [-0.15, -0.1) is 0 Å². The predicted molar refractivity (Wildman–Crippen MR) is 64.4 cm³/mol. The Morgan fingerprint density at radius 1 is 0.941 bits per heavy atom. The molecule has 0 atom stereocenters. The summed E-state index contributed by atoms with van der Waals surface area (Å²) in [7, 11) is 0. The first-order chi connectivity index (χ1) is 8.09. The van der Waals surface area contributed by atoms with E-state index >= 15 is 0 Å². The summed E-state index contributed by atoms with van der Waals surface area (Å²) >= 11 is 0. The van der Waals surface area contributed by atoms with Crippen molar-refractivity contribution >= 4 is 5.78 Å². The molecule has 0 bridgehead atoms. The summed E-state index contributed by atoms with van der Waals surface area (Å²) in [6, 6.07) is 11.1. The molecule has 0 saturated carbocycles. The van der Waals surface area contributed by atoms with E-state index in [4.69, 9.17) is 0 Å². The molecule has 86 valence electrons. The van der Waals surface area contributed by atoms with Gasteiger partial charge >= 0.3 is 0 Å². The first kappa shape index (κ1) is 11.2. The van der Waals surface area contributed by atoms with Crippen molar-refractivity contribution in [3.05, 3.63) is 59.2 Å². The molecule has 0 aromatic heterocycles. The van der Waals surface area contributed by atoms with Gasteiger partial charge in [0, 0.05) is 0 Å². The van der Waals surface area contributed by atoms with Gasteiger partial charge in [-0.3, -0.25) is 4.79 Å². The Labute approximate surface area is 99.0 Å². The van der Waals surface area contributed by atoms with E-state index in [2.05, 4.69) is 0 Å². The van der Waals surface area contributed by atoms with Crippen molar-refractivity contribution in [2.24, 2.45) is 0 Å². The lowest BCUT2D eigenvalue weighted by Crippen LogP contribution is -2.02. The Hall–Kier alpha value is -2.29. The summed E-state index contributed by atoms with van der Waals surface area (Å²) in [5, 5.41) is 19.3. The standard InChI is InChI=1S/C14H12O3/c1-9-6-7-11(13(16)8-9)14(17)10-4-2-3-5-12(10)15/h2-8,15-16H,1H3. The average Bonchev–Trinajstić information content (AvgIpc) is 2.29. The van der Waals surface area contributed by atoms with Crippen LogP contribution in [0.4, 0.5) is 0 Å². The minimum atomic E-state index is -0.388. The fourth-order valence-corrected chi connectivity index (χ4v) is 1.64. The maximum atomic E-state index is 12.1. The fourth-order valence-electron chi connectivity index (χ4n) is 1.64. The lowest BCUT2D eigenvalue weighted by molar-refractivity contribution is 0.103. The molecule has 0 saturated heterocycles. The number of aryl methyl sites for hydroxylation is 1. The first-order valence-corrected chi connectivity index (χ1v) is 5.22. The summed E-state index contributed by atoms with van der Waals surface area (Å²) in [6.07, 6.45) is 0. The number of carbonyl (C=O) groups excluding carboxylic acids is 1. The molecule has 2 N–H and O–H groups in total. The van der Waals surface area contributed by atoms with Crippen LogP contribution in [-0.4, -0.2) is 16.0 Å². The van der Waals surface area contributed by atoms with Crippen LogP contribution in [0.5, 0.6) is 11.5 Å². The molecule has 0 heterocycles. The Morgan fingerprint density at radius 3 is 2.24 bits per heavy atom. The summed E-state index contributed by atoms with van der Waals surface area (Å²) in [4.78, 5) is 12.1. The Bertz CT molecular complexity index is 573. The van der Waals surface area contributed by atoms with Crippen LogP contribution in [-0.2, 0) is 0 Å². The minimum Gasteiger partial charge on any atom is -0.507 e. The molecule has 0 radical (unpaired) electrons. The molecule has 17 heavy (non-hydrogen) atoms. The fraction of sp³-hybridized carbons (Fsp3) is 0.0714. The topological polar surface area (TPSA) is 57.5 Å². The quantitative estimate of drug-likeness (QED) is 0.777. The maximum Gasteiger partial charge on any atom is 0.200 e. The average molecular weight is 228 g/mol. The third-order valence-corrected chi connectivity index (χ3v) is 2.55. The van der Waals surface area contributed by atoms with E-state index in [0.29, 0.717) is 0 Å². The summed E-state index contributed by atoms with van der Waals surface area (Å²) in [5.74, 6) is -0.545. The molecule has 0 unspecified atom stereocenters. The van der Waals surface area contributed by atoms with Crippen molar-refractivity contribution in [3.63, 3.8) is 0 Å². The third-order valence-electron chi connectivity index (χ3n) is 2.55. The van der Waals surface area contributed by atoms with E-state index in [1.807, 2.05) is 6.92 Å². The minimum absolute atomic E-state index is 0.0711. The van der Waals surface area contributed by atoms with Crippen molar-refractivity contribution in [2.75, 3.05) is 0 Å². The van der Waals surface area contributed by atoms with Crippen LogP contribution in [0.25, 0.3) is 0 Å². The van der Waals surface area contributed by atoms with Crippen LogP contribution in [0.1, 0.15) is 21.5 Å². The second-order valence-corrected chi connectivity index (χ2v) is 3.87. The van der Waals surface area contributed by atoms with Crippen LogP contribution in [0.2, 0.25) is 0 Å². The second-order valence-electron chi connectivity index (χ2n) is 3.87. The molecule has 0 spiro atoms. The number of benzene rings is 2. The normalized spacial score (nSPS) is 10.2. The molecule has 2 aromatic carbocycles. The zero-order valence-corrected chi connectivity index (χ0v) is 9.34. The molecular weight excluding hydrogens is 216 g/mol. The van der Waals surface area contributed by atoms with Gasteiger partial charge in [-0.25, -0.2) is 0 Å². The number of rotatable bonds is 2. The SMILES string of the molecule is Cc1ccc(C(=O)c2ccccc2O)c(O)c1. The van der Waals surface area contributed by atoms with E-state index in [0.717, 1.165) is 5.56 Å². The van der Waals surface area contributed by atoms with Crippen molar-refractivity contribution in [1.82, 2.24) is 0 Å². The number of phenols is 2. The largest absolute Gasteiger partial charge is 0.507 e. The van der Waals surface area contributed by atoms with Gasteiger partial charge in [-0.1, -0.05) is 18.2 Å². The van der Waals surface area contributed by atoms with E-state index in [-0.39, 0.29) is 28.4 Å². The zero-order chi connectivity index (χ0) is 12.4. The van der Waals surface area contributed by atoms with Gasteiger partial charge in [0.1, 0.15) is 11.5 Å². The van der Waals surface area contributed by atoms with Crippen molar-refractivity contribution in [3.8, 4) is 11.5 Å². The lowest BCUT2D eigenvalue weighted by Gasteiger charge is -2.06. The summed E-state index contributed by atoms with van der Waals surface area (Å²) in [5.41, 5.74) is 1.25. The summed E-state index contributed by atoms with van der Waals surface area (Å²) in [6.45, 7) is 1.83. The monoisotopic (exact) mass is 228 g/mol. The Balaban J connectivity index is 2.48. The van der Waals surface area contributed by atoms with Gasteiger partial charge < -0.3 is 10.2 Å². The number of aromatic hydroxyl groups is 2. The second kappa shape index (κ2) is 4.29. The maximum absolute atomic E-state index is 12.1. The molecule has 0 aliphatic heterocycles. The number of hydrogen-bond donors (Lipinski definition) is 2. The van der Waals surface area contributed by atoms with Crippen LogP contribution in [0.15, 0.2) is 42.5 Å². The predicted octanol–water partition coefficient (Wildman–Crippen LogP) is 2.64. The molecule has 0 aliphatic rings. The molecular formula is C14H12O3. The van der Waals surface area contributed by atoms with E-state index in [9.17, 15) is 15.0 Å². The van der Waals surface area contributed by atoms with Gasteiger partial charge in [0.15, 0.2) is 5.78 Å². The molecule has 0 amide bonds. The smallest absolute Gasteiger partial charge is 0.200 e.